The molecule has 6 heteroatoms. The van der Waals surface area contributed by atoms with E-state index in [1.807, 2.05) is 30.7 Å². The molecule has 1 amide bonds. The molecule has 0 atom stereocenters. The minimum absolute atomic E-state index is 0.425. The number of carbonyl (C=O) groups is 1. The van der Waals surface area contributed by atoms with Gasteiger partial charge in [0.05, 0.1) is 6.54 Å². The average molecular weight is 245 g/mol. The van der Waals surface area contributed by atoms with Gasteiger partial charge in [0.1, 0.15) is 5.82 Å². The summed E-state index contributed by atoms with van der Waals surface area (Å²) in [4.78, 5) is 10.9. The number of amides is 1. The molecule has 2 rings (SSSR count). The number of aromatic nitrogens is 3. The van der Waals surface area contributed by atoms with Gasteiger partial charge in [-0.2, -0.15) is 0 Å². The molecule has 1 aromatic carbocycles. The minimum Gasteiger partial charge on any atom is -0.378 e. The Kier molecular flexibility index (Phi) is 3.27. The summed E-state index contributed by atoms with van der Waals surface area (Å²) in [6.45, 7) is 2.48. The predicted molar refractivity (Wildman–Crippen MR) is 68.0 cm³/mol. The van der Waals surface area contributed by atoms with Crippen LogP contribution >= 0.6 is 0 Å². The number of carbonyl (C=O) groups excluding carboxylic acids is 1. The van der Waals surface area contributed by atoms with Gasteiger partial charge >= 0.3 is 0 Å². The maximum absolute atomic E-state index is 10.9. The van der Waals surface area contributed by atoms with Gasteiger partial charge in [-0.3, -0.25) is 4.79 Å². The molecule has 94 valence electrons. The van der Waals surface area contributed by atoms with Gasteiger partial charge < -0.3 is 15.6 Å². The molecule has 2 aromatic rings. The molecule has 0 saturated heterocycles. The second-order valence-corrected chi connectivity index (χ2v) is 4.02. The standard InChI is InChI=1S/C12H15N5O/c1-8-15-16-11(17(8)2)7-14-10-5-3-9(4-6-10)12(13)18/h3-6,14H,7H2,1-2H3,(H2,13,18). The molecule has 3 N–H and O–H groups in total. The molecule has 0 fully saturated rings. The lowest BCUT2D eigenvalue weighted by Gasteiger charge is -2.06. The number of nitrogens with one attached hydrogen (secondary N) is 1. The van der Waals surface area contributed by atoms with E-state index >= 15 is 0 Å². The van der Waals surface area contributed by atoms with Crippen molar-refractivity contribution in [2.24, 2.45) is 12.8 Å². The summed E-state index contributed by atoms with van der Waals surface area (Å²) >= 11 is 0. The van der Waals surface area contributed by atoms with Crippen LogP contribution in [-0.2, 0) is 13.6 Å². The summed E-state index contributed by atoms with van der Waals surface area (Å²) in [7, 11) is 1.92. The normalized spacial score (nSPS) is 10.3. The first-order valence-electron chi connectivity index (χ1n) is 5.56. The van der Waals surface area contributed by atoms with Gasteiger partial charge in [-0.15, -0.1) is 10.2 Å². The van der Waals surface area contributed by atoms with Crippen molar-refractivity contribution >= 4 is 11.6 Å². The third-order valence-electron chi connectivity index (χ3n) is 2.80. The van der Waals surface area contributed by atoms with E-state index in [-0.39, 0.29) is 0 Å². The van der Waals surface area contributed by atoms with Crippen molar-refractivity contribution in [1.29, 1.82) is 0 Å². The van der Waals surface area contributed by atoms with Gasteiger partial charge in [-0.05, 0) is 31.2 Å². The molecule has 0 aliphatic heterocycles. The zero-order valence-electron chi connectivity index (χ0n) is 10.3. The van der Waals surface area contributed by atoms with Crippen LogP contribution in [0.1, 0.15) is 22.0 Å². The maximum Gasteiger partial charge on any atom is 0.248 e. The number of hydrogen-bond acceptors (Lipinski definition) is 4. The van der Waals surface area contributed by atoms with Crippen LogP contribution in [0.15, 0.2) is 24.3 Å². The lowest BCUT2D eigenvalue weighted by atomic mass is 10.2. The number of hydrogen-bond donors (Lipinski definition) is 2. The molecule has 0 saturated carbocycles. The monoisotopic (exact) mass is 245 g/mol. The fourth-order valence-electron chi connectivity index (χ4n) is 1.54. The number of rotatable bonds is 4. The third kappa shape index (κ3) is 2.48. The largest absolute Gasteiger partial charge is 0.378 e. The molecule has 0 unspecified atom stereocenters. The Morgan fingerprint density at radius 2 is 2.00 bits per heavy atom. The highest BCUT2D eigenvalue weighted by Gasteiger charge is 2.04. The van der Waals surface area contributed by atoms with Crippen LogP contribution in [0.4, 0.5) is 5.69 Å². The number of nitrogens with zero attached hydrogens (tertiary/aromatic N) is 3. The van der Waals surface area contributed by atoms with Crippen molar-refractivity contribution in [3.63, 3.8) is 0 Å². The van der Waals surface area contributed by atoms with Gasteiger partial charge in [-0.25, -0.2) is 0 Å². The Hall–Kier alpha value is -2.37. The van der Waals surface area contributed by atoms with E-state index in [0.717, 1.165) is 17.3 Å². The fourth-order valence-corrected chi connectivity index (χ4v) is 1.54. The quantitative estimate of drug-likeness (QED) is 0.835. The number of benzene rings is 1. The molecule has 1 aromatic heterocycles. The van der Waals surface area contributed by atoms with Gasteiger partial charge in [0.25, 0.3) is 0 Å². The first-order chi connectivity index (χ1) is 8.58. The van der Waals surface area contributed by atoms with E-state index in [9.17, 15) is 4.79 Å². The Morgan fingerprint density at radius 1 is 1.33 bits per heavy atom. The topological polar surface area (TPSA) is 85.8 Å². The highest BCUT2D eigenvalue weighted by molar-refractivity contribution is 5.93. The SMILES string of the molecule is Cc1nnc(CNc2ccc(C(N)=O)cc2)n1C. The van der Waals surface area contributed by atoms with Crippen LogP contribution in [0.3, 0.4) is 0 Å². The first-order valence-corrected chi connectivity index (χ1v) is 5.56. The van der Waals surface area contributed by atoms with Crippen LogP contribution < -0.4 is 11.1 Å². The summed E-state index contributed by atoms with van der Waals surface area (Å²) in [5, 5.41) is 11.2. The lowest BCUT2D eigenvalue weighted by Crippen LogP contribution is -2.11. The number of anilines is 1. The Labute approximate surface area is 105 Å². The molecule has 1 heterocycles. The highest BCUT2D eigenvalue weighted by atomic mass is 16.1. The summed E-state index contributed by atoms with van der Waals surface area (Å²) in [5.74, 6) is 1.30. The van der Waals surface area contributed by atoms with Crippen LogP contribution in [0.2, 0.25) is 0 Å². The van der Waals surface area contributed by atoms with Crippen LogP contribution in [0, 0.1) is 6.92 Å². The van der Waals surface area contributed by atoms with E-state index < -0.39 is 5.91 Å². The van der Waals surface area contributed by atoms with Gasteiger partial charge in [0.2, 0.25) is 5.91 Å². The van der Waals surface area contributed by atoms with Crippen LogP contribution in [0.5, 0.6) is 0 Å². The minimum atomic E-state index is -0.425. The second-order valence-electron chi connectivity index (χ2n) is 4.02. The fraction of sp³-hybridized carbons (Fsp3) is 0.250. The van der Waals surface area contributed by atoms with Crippen molar-refractivity contribution in [2.75, 3.05) is 5.32 Å². The zero-order chi connectivity index (χ0) is 13.1. The van der Waals surface area contributed by atoms with Crippen molar-refractivity contribution in [3.05, 3.63) is 41.5 Å². The summed E-state index contributed by atoms with van der Waals surface area (Å²) in [6.07, 6.45) is 0. The Morgan fingerprint density at radius 3 is 2.50 bits per heavy atom. The van der Waals surface area contributed by atoms with E-state index in [0.29, 0.717) is 12.1 Å². The van der Waals surface area contributed by atoms with E-state index in [1.54, 1.807) is 12.1 Å². The predicted octanol–water partition coefficient (Wildman–Crippen LogP) is 0.835. The molecule has 0 radical (unpaired) electrons. The van der Waals surface area contributed by atoms with Crippen LogP contribution in [-0.4, -0.2) is 20.7 Å². The summed E-state index contributed by atoms with van der Waals surface area (Å²) in [5.41, 5.74) is 6.57. The molecular formula is C12H15N5O. The zero-order valence-corrected chi connectivity index (χ0v) is 10.3. The summed E-state index contributed by atoms with van der Waals surface area (Å²) < 4.78 is 1.92. The van der Waals surface area contributed by atoms with Gasteiger partial charge in [0.15, 0.2) is 5.82 Å². The molecular weight excluding hydrogens is 230 g/mol. The van der Waals surface area contributed by atoms with E-state index in [2.05, 4.69) is 15.5 Å². The Balaban J connectivity index is 2.02. The van der Waals surface area contributed by atoms with Gasteiger partial charge in [0, 0.05) is 18.3 Å². The summed E-state index contributed by atoms with van der Waals surface area (Å²) in [6, 6.07) is 6.99. The molecule has 0 spiro atoms. The maximum atomic E-state index is 10.9. The number of nitrogens with two attached hydrogens (primary N) is 1. The lowest BCUT2D eigenvalue weighted by molar-refractivity contribution is 0.100. The molecule has 0 aliphatic carbocycles. The van der Waals surface area contributed by atoms with Gasteiger partial charge in [-0.1, -0.05) is 0 Å². The van der Waals surface area contributed by atoms with Crippen molar-refractivity contribution in [1.82, 2.24) is 14.8 Å². The smallest absolute Gasteiger partial charge is 0.248 e. The highest BCUT2D eigenvalue weighted by Crippen LogP contribution is 2.10. The molecule has 0 aliphatic rings. The van der Waals surface area contributed by atoms with Crippen LogP contribution in [0.25, 0.3) is 0 Å². The average Bonchev–Trinajstić information content (AvgIpc) is 2.68. The van der Waals surface area contributed by atoms with E-state index in [1.165, 1.54) is 0 Å². The second kappa shape index (κ2) is 4.87. The molecule has 6 nitrogen and oxygen atoms in total. The van der Waals surface area contributed by atoms with E-state index in [4.69, 9.17) is 5.73 Å². The van der Waals surface area contributed by atoms with Crippen molar-refractivity contribution in [3.8, 4) is 0 Å². The number of aryl methyl sites for hydroxylation is 1. The molecule has 0 bridgehead atoms. The third-order valence-corrected chi connectivity index (χ3v) is 2.80. The Bertz CT molecular complexity index is 558. The first kappa shape index (κ1) is 12.1. The van der Waals surface area contributed by atoms with Crippen molar-refractivity contribution in [2.45, 2.75) is 13.5 Å². The molecule has 18 heavy (non-hydrogen) atoms. The van der Waals surface area contributed by atoms with Crippen molar-refractivity contribution < 1.29 is 4.79 Å². The number of primary amides is 1.